The van der Waals surface area contributed by atoms with Gasteiger partial charge in [0, 0.05) is 0 Å². The van der Waals surface area contributed by atoms with Crippen LogP contribution in [0, 0.1) is 17.6 Å². The average Bonchev–Trinajstić information content (AvgIpc) is 2.75. The van der Waals surface area contributed by atoms with Crippen LogP contribution in [0.2, 0.25) is 0 Å². The lowest BCUT2D eigenvalue weighted by atomic mass is 9.77. The number of hydrogen-bond donors (Lipinski definition) is 0. The maximum atomic E-state index is 14.6. The van der Waals surface area contributed by atoms with Crippen LogP contribution in [0.5, 0.6) is 5.75 Å². The maximum Gasteiger partial charge on any atom is 0.346 e. The summed E-state index contributed by atoms with van der Waals surface area (Å²) in [5.74, 6) is -0.389. The molecule has 0 bridgehead atoms. The van der Waals surface area contributed by atoms with Crippen molar-refractivity contribution in [1.82, 2.24) is 0 Å². The van der Waals surface area contributed by atoms with Gasteiger partial charge in [-0.25, -0.2) is 13.6 Å². The van der Waals surface area contributed by atoms with Gasteiger partial charge in [0.25, 0.3) is 0 Å². The minimum atomic E-state index is -0.766. The van der Waals surface area contributed by atoms with E-state index in [1.807, 2.05) is 6.07 Å². The Balaban J connectivity index is 1.50. The molecule has 0 aromatic heterocycles. The molecule has 1 aliphatic carbocycles. The lowest BCUT2D eigenvalue weighted by Crippen LogP contribution is -2.15. The van der Waals surface area contributed by atoms with E-state index in [0.29, 0.717) is 5.92 Å². The number of carbonyl (C=O) groups excluding carboxylic acids is 1. The lowest BCUT2D eigenvalue weighted by Gasteiger charge is -2.29. The minimum Gasteiger partial charge on any atom is -0.423 e. The Morgan fingerprint density at radius 2 is 1.63 bits per heavy atom. The molecule has 0 aliphatic heterocycles. The van der Waals surface area contributed by atoms with E-state index in [2.05, 4.69) is 6.92 Å². The van der Waals surface area contributed by atoms with Crippen molar-refractivity contribution < 1.29 is 18.3 Å². The number of unbranched alkanes of at least 4 members (excludes halogenated alkanes) is 4. The second kappa shape index (κ2) is 11.2. The van der Waals surface area contributed by atoms with Gasteiger partial charge in [0.15, 0.2) is 0 Å². The van der Waals surface area contributed by atoms with Gasteiger partial charge in [-0.05, 0) is 79.5 Å². The summed E-state index contributed by atoms with van der Waals surface area (Å²) in [7, 11) is 0. The standard InChI is InChI=1S/C26H32F2O2/c1-2-3-4-5-6-7-19-8-10-20(11-9-19)21-12-17-24(25(28)18-21)26(29)30-23-15-13-22(27)14-16-23/h12-20H,2-11H2,1H3. The number of halogens is 2. The molecule has 0 saturated heterocycles. The number of carbonyl (C=O) groups is 1. The molecule has 30 heavy (non-hydrogen) atoms. The fraction of sp³-hybridized carbons (Fsp3) is 0.500. The topological polar surface area (TPSA) is 26.3 Å². The summed E-state index contributed by atoms with van der Waals surface area (Å²) in [6.45, 7) is 2.24. The third kappa shape index (κ3) is 6.38. The largest absolute Gasteiger partial charge is 0.423 e. The number of rotatable bonds is 9. The highest BCUT2D eigenvalue weighted by Crippen LogP contribution is 2.38. The molecular weight excluding hydrogens is 382 g/mol. The van der Waals surface area contributed by atoms with Gasteiger partial charge >= 0.3 is 5.97 Å². The zero-order valence-electron chi connectivity index (χ0n) is 17.8. The molecule has 0 N–H and O–H groups in total. The molecule has 1 fully saturated rings. The van der Waals surface area contributed by atoms with E-state index in [0.717, 1.165) is 24.3 Å². The number of hydrogen-bond acceptors (Lipinski definition) is 2. The molecule has 3 rings (SSSR count). The molecule has 0 unspecified atom stereocenters. The van der Waals surface area contributed by atoms with Gasteiger partial charge in [0.2, 0.25) is 0 Å². The highest BCUT2D eigenvalue weighted by atomic mass is 19.1. The van der Waals surface area contributed by atoms with Crippen LogP contribution in [0.3, 0.4) is 0 Å². The third-order valence-corrected chi connectivity index (χ3v) is 6.27. The van der Waals surface area contributed by atoms with E-state index in [1.54, 1.807) is 0 Å². The predicted molar refractivity (Wildman–Crippen MR) is 116 cm³/mol. The fourth-order valence-electron chi connectivity index (χ4n) is 4.44. The highest BCUT2D eigenvalue weighted by Gasteiger charge is 2.24. The van der Waals surface area contributed by atoms with Crippen LogP contribution in [0.4, 0.5) is 8.78 Å². The quantitative estimate of drug-likeness (QED) is 0.237. The van der Waals surface area contributed by atoms with Crippen LogP contribution in [-0.4, -0.2) is 5.97 Å². The van der Waals surface area contributed by atoms with Gasteiger partial charge in [-0.2, -0.15) is 0 Å². The molecule has 2 nitrogen and oxygen atoms in total. The van der Waals surface area contributed by atoms with Crippen LogP contribution in [0.25, 0.3) is 0 Å². The molecule has 1 aliphatic rings. The molecule has 2 aromatic rings. The molecule has 2 aromatic carbocycles. The number of esters is 1. The number of benzene rings is 2. The van der Waals surface area contributed by atoms with Gasteiger partial charge in [0.1, 0.15) is 17.4 Å². The van der Waals surface area contributed by atoms with Crippen molar-refractivity contribution in [3.8, 4) is 5.75 Å². The highest BCUT2D eigenvalue weighted by molar-refractivity contribution is 5.91. The smallest absolute Gasteiger partial charge is 0.346 e. The van der Waals surface area contributed by atoms with Crippen molar-refractivity contribution in [3.05, 3.63) is 65.2 Å². The Labute approximate surface area is 178 Å². The lowest BCUT2D eigenvalue weighted by molar-refractivity contribution is 0.0729. The monoisotopic (exact) mass is 414 g/mol. The van der Waals surface area contributed by atoms with Gasteiger partial charge in [-0.1, -0.05) is 51.5 Å². The number of ether oxygens (including phenoxy) is 1. The van der Waals surface area contributed by atoms with E-state index in [4.69, 9.17) is 4.74 Å². The zero-order chi connectivity index (χ0) is 21.3. The van der Waals surface area contributed by atoms with Crippen molar-refractivity contribution in [2.45, 2.75) is 77.0 Å². The van der Waals surface area contributed by atoms with Crippen LogP contribution in [-0.2, 0) is 0 Å². The summed E-state index contributed by atoms with van der Waals surface area (Å²) in [5, 5.41) is 0. The molecule has 162 valence electrons. The van der Waals surface area contributed by atoms with Crippen LogP contribution in [0.1, 0.15) is 93.0 Å². The first kappa shape index (κ1) is 22.5. The van der Waals surface area contributed by atoms with E-state index in [1.165, 1.54) is 87.8 Å². The van der Waals surface area contributed by atoms with Gasteiger partial charge in [0.05, 0.1) is 5.56 Å². The summed E-state index contributed by atoms with van der Waals surface area (Å²) in [6, 6.07) is 9.93. The Kier molecular flexibility index (Phi) is 8.41. The van der Waals surface area contributed by atoms with Gasteiger partial charge in [-0.3, -0.25) is 0 Å². The Morgan fingerprint density at radius 1 is 0.933 bits per heavy atom. The van der Waals surface area contributed by atoms with Gasteiger partial charge in [-0.15, -0.1) is 0 Å². The summed E-state index contributed by atoms with van der Waals surface area (Å²) in [5.41, 5.74) is 0.871. The predicted octanol–water partition coefficient (Wildman–Crippen LogP) is 7.82. The molecule has 0 heterocycles. The normalized spacial score (nSPS) is 18.9. The summed E-state index contributed by atoms with van der Waals surface area (Å²) in [6.07, 6.45) is 12.5. The molecule has 0 amide bonds. The zero-order valence-corrected chi connectivity index (χ0v) is 17.8. The molecule has 0 radical (unpaired) electrons. The molecule has 0 spiro atoms. The second-order valence-electron chi connectivity index (χ2n) is 8.50. The average molecular weight is 415 g/mol. The first-order valence-corrected chi connectivity index (χ1v) is 11.3. The second-order valence-corrected chi connectivity index (χ2v) is 8.50. The Bertz CT molecular complexity index is 808. The summed E-state index contributed by atoms with van der Waals surface area (Å²) >= 11 is 0. The van der Waals surface area contributed by atoms with E-state index >= 15 is 0 Å². The van der Waals surface area contributed by atoms with E-state index in [-0.39, 0.29) is 11.3 Å². The SMILES string of the molecule is CCCCCCCC1CCC(c2ccc(C(=O)Oc3ccc(F)cc3)c(F)c2)CC1. The van der Waals surface area contributed by atoms with Crippen LogP contribution in [0.15, 0.2) is 42.5 Å². The van der Waals surface area contributed by atoms with Crippen molar-refractivity contribution in [1.29, 1.82) is 0 Å². The van der Waals surface area contributed by atoms with Gasteiger partial charge < -0.3 is 4.74 Å². The Hall–Kier alpha value is -2.23. The maximum absolute atomic E-state index is 14.6. The fourth-order valence-corrected chi connectivity index (χ4v) is 4.44. The minimum absolute atomic E-state index is 0.0937. The first-order chi connectivity index (χ1) is 14.6. The molecular formula is C26H32F2O2. The Morgan fingerprint density at radius 3 is 2.30 bits per heavy atom. The molecule has 1 saturated carbocycles. The third-order valence-electron chi connectivity index (χ3n) is 6.27. The van der Waals surface area contributed by atoms with Crippen molar-refractivity contribution in [3.63, 3.8) is 0 Å². The molecule has 4 heteroatoms. The first-order valence-electron chi connectivity index (χ1n) is 11.3. The van der Waals surface area contributed by atoms with Crippen LogP contribution < -0.4 is 4.74 Å². The summed E-state index contributed by atoms with van der Waals surface area (Å²) in [4.78, 5) is 12.3. The van der Waals surface area contributed by atoms with Crippen molar-refractivity contribution in [2.24, 2.45) is 5.92 Å². The molecule has 0 atom stereocenters. The van der Waals surface area contributed by atoms with Crippen molar-refractivity contribution in [2.75, 3.05) is 0 Å². The van der Waals surface area contributed by atoms with E-state index < -0.39 is 17.6 Å². The summed E-state index contributed by atoms with van der Waals surface area (Å²) < 4.78 is 32.7. The van der Waals surface area contributed by atoms with Crippen molar-refractivity contribution >= 4 is 5.97 Å². The van der Waals surface area contributed by atoms with E-state index in [9.17, 15) is 13.6 Å². The van der Waals surface area contributed by atoms with Crippen LogP contribution >= 0.6 is 0 Å².